The van der Waals surface area contributed by atoms with Crippen molar-refractivity contribution in [2.45, 2.75) is 38.6 Å². The minimum Gasteiger partial charge on any atom is -0.481 e. The van der Waals surface area contributed by atoms with Crippen molar-refractivity contribution in [3.8, 4) is 0 Å². The van der Waals surface area contributed by atoms with Gasteiger partial charge >= 0.3 is 12.0 Å². The Morgan fingerprint density at radius 2 is 2.19 bits per heavy atom. The maximum absolute atomic E-state index is 11.6. The van der Waals surface area contributed by atoms with E-state index in [9.17, 15) is 9.59 Å². The van der Waals surface area contributed by atoms with E-state index in [1.54, 1.807) is 7.05 Å². The van der Waals surface area contributed by atoms with Crippen LogP contribution in [0, 0.1) is 5.92 Å². The van der Waals surface area contributed by atoms with E-state index in [1.165, 1.54) is 4.90 Å². The zero-order valence-corrected chi connectivity index (χ0v) is 9.90. The molecule has 5 nitrogen and oxygen atoms in total. The number of urea groups is 1. The van der Waals surface area contributed by atoms with Gasteiger partial charge in [-0.15, -0.1) is 0 Å². The topological polar surface area (TPSA) is 69.6 Å². The summed E-state index contributed by atoms with van der Waals surface area (Å²) in [4.78, 5) is 23.3. The summed E-state index contributed by atoms with van der Waals surface area (Å²) in [6.07, 6.45) is 3.36. The lowest BCUT2D eigenvalue weighted by Gasteiger charge is -2.16. The fraction of sp³-hybridized carbons (Fsp3) is 0.818. The van der Waals surface area contributed by atoms with Crippen molar-refractivity contribution in [3.63, 3.8) is 0 Å². The first-order valence-electron chi connectivity index (χ1n) is 5.78. The quantitative estimate of drug-likeness (QED) is 0.719. The zero-order chi connectivity index (χ0) is 12.1. The summed E-state index contributed by atoms with van der Waals surface area (Å²) in [6.45, 7) is 2.39. The number of carboxylic acid groups (broad SMARTS) is 1. The average molecular weight is 228 g/mol. The van der Waals surface area contributed by atoms with Crippen molar-refractivity contribution in [3.05, 3.63) is 0 Å². The van der Waals surface area contributed by atoms with Gasteiger partial charge in [-0.3, -0.25) is 4.79 Å². The van der Waals surface area contributed by atoms with Crippen LogP contribution in [0.3, 0.4) is 0 Å². The normalized spacial score (nSPS) is 22.6. The Balaban J connectivity index is 2.17. The van der Waals surface area contributed by atoms with Crippen LogP contribution in [0.1, 0.15) is 32.6 Å². The molecule has 0 aromatic rings. The predicted molar refractivity (Wildman–Crippen MR) is 60.2 cm³/mol. The highest BCUT2D eigenvalue weighted by Crippen LogP contribution is 2.34. The van der Waals surface area contributed by atoms with Crippen LogP contribution < -0.4 is 5.32 Å². The Bertz CT molecular complexity index is 268. The number of nitrogens with one attached hydrogen (secondary N) is 1. The third-order valence-corrected chi connectivity index (χ3v) is 2.90. The largest absolute Gasteiger partial charge is 0.481 e. The van der Waals surface area contributed by atoms with Gasteiger partial charge in [0.2, 0.25) is 0 Å². The molecule has 0 unspecified atom stereocenters. The standard InChI is InChI=1S/C11H20N2O3/c1-3-4-8-7-9(8)12-11(16)13(2)6-5-10(14)15/h8-9H,3-7H2,1-2H3,(H,12,16)(H,14,15)/t8-,9-/m1/s1. The molecular formula is C11H20N2O3. The third kappa shape index (κ3) is 4.08. The van der Waals surface area contributed by atoms with Crippen LogP contribution in [0.4, 0.5) is 4.79 Å². The molecule has 0 aromatic carbocycles. The van der Waals surface area contributed by atoms with E-state index in [-0.39, 0.29) is 19.0 Å². The molecule has 0 radical (unpaired) electrons. The van der Waals surface area contributed by atoms with Crippen LogP contribution >= 0.6 is 0 Å². The van der Waals surface area contributed by atoms with Gasteiger partial charge in [0, 0.05) is 19.6 Å². The number of aliphatic carboxylic acids is 1. The lowest BCUT2D eigenvalue weighted by atomic mass is 10.2. The van der Waals surface area contributed by atoms with Gasteiger partial charge in [-0.25, -0.2) is 4.79 Å². The first kappa shape index (κ1) is 12.8. The van der Waals surface area contributed by atoms with E-state index >= 15 is 0 Å². The van der Waals surface area contributed by atoms with Gasteiger partial charge in [-0.2, -0.15) is 0 Å². The van der Waals surface area contributed by atoms with E-state index in [1.807, 2.05) is 0 Å². The number of carboxylic acids is 1. The van der Waals surface area contributed by atoms with E-state index in [0.29, 0.717) is 12.0 Å². The van der Waals surface area contributed by atoms with E-state index < -0.39 is 5.97 Å². The minimum absolute atomic E-state index is 0.00697. The van der Waals surface area contributed by atoms with Crippen LogP contribution in [-0.2, 0) is 4.79 Å². The molecular weight excluding hydrogens is 208 g/mol. The second-order valence-corrected chi connectivity index (χ2v) is 4.41. The molecule has 1 rings (SSSR count). The first-order chi connectivity index (χ1) is 7.54. The number of hydrogen-bond acceptors (Lipinski definition) is 2. The number of carbonyl (C=O) groups excluding carboxylic acids is 1. The molecule has 2 atom stereocenters. The summed E-state index contributed by atoms with van der Waals surface area (Å²) in [6, 6.07) is 0.143. The molecule has 1 saturated carbocycles. The van der Waals surface area contributed by atoms with Crippen molar-refractivity contribution in [1.82, 2.24) is 10.2 Å². The highest BCUT2D eigenvalue weighted by atomic mass is 16.4. The highest BCUT2D eigenvalue weighted by molar-refractivity contribution is 5.75. The van der Waals surface area contributed by atoms with Gasteiger partial charge in [-0.1, -0.05) is 13.3 Å². The molecule has 0 saturated heterocycles. The molecule has 2 N–H and O–H groups in total. The minimum atomic E-state index is -0.880. The summed E-state index contributed by atoms with van der Waals surface area (Å²) in [7, 11) is 1.62. The Morgan fingerprint density at radius 3 is 2.75 bits per heavy atom. The number of nitrogens with zero attached hydrogens (tertiary/aromatic N) is 1. The molecule has 2 amide bonds. The third-order valence-electron chi connectivity index (χ3n) is 2.90. The number of amides is 2. The monoisotopic (exact) mass is 228 g/mol. The van der Waals surface area contributed by atoms with Gasteiger partial charge in [0.1, 0.15) is 0 Å². The van der Waals surface area contributed by atoms with Crippen molar-refractivity contribution < 1.29 is 14.7 Å². The molecule has 0 heterocycles. The molecule has 0 aromatic heterocycles. The summed E-state index contributed by atoms with van der Waals surface area (Å²) in [5.41, 5.74) is 0. The molecule has 5 heteroatoms. The lowest BCUT2D eigenvalue weighted by molar-refractivity contribution is -0.137. The predicted octanol–water partition coefficient (Wildman–Crippen LogP) is 1.29. The highest BCUT2D eigenvalue weighted by Gasteiger charge is 2.37. The first-order valence-corrected chi connectivity index (χ1v) is 5.78. The van der Waals surface area contributed by atoms with Gasteiger partial charge in [0.05, 0.1) is 6.42 Å². The number of carbonyl (C=O) groups is 2. The van der Waals surface area contributed by atoms with Crippen molar-refractivity contribution in [2.24, 2.45) is 5.92 Å². The van der Waals surface area contributed by atoms with Gasteiger partial charge in [0.15, 0.2) is 0 Å². The Kier molecular flexibility index (Phi) is 4.58. The molecule has 16 heavy (non-hydrogen) atoms. The fourth-order valence-corrected chi connectivity index (χ4v) is 1.75. The van der Waals surface area contributed by atoms with E-state index in [2.05, 4.69) is 12.2 Å². The van der Waals surface area contributed by atoms with Crippen molar-refractivity contribution in [2.75, 3.05) is 13.6 Å². The van der Waals surface area contributed by atoms with Crippen molar-refractivity contribution >= 4 is 12.0 Å². The molecule has 92 valence electrons. The summed E-state index contributed by atoms with van der Waals surface area (Å²) >= 11 is 0. The molecule has 1 aliphatic rings. The maximum atomic E-state index is 11.6. The Hall–Kier alpha value is -1.26. The molecule has 0 bridgehead atoms. The van der Waals surface area contributed by atoms with Crippen LogP contribution in [0.2, 0.25) is 0 Å². The molecule has 0 aliphatic heterocycles. The Labute approximate surface area is 95.8 Å². The van der Waals surface area contributed by atoms with Crippen LogP contribution in [0.5, 0.6) is 0 Å². The second kappa shape index (κ2) is 5.72. The maximum Gasteiger partial charge on any atom is 0.317 e. The van der Waals surface area contributed by atoms with Crippen LogP contribution in [-0.4, -0.2) is 41.6 Å². The summed E-state index contributed by atoms with van der Waals surface area (Å²) in [5.74, 6) is -0.253. The average Bonchev–Trinajstić information content (AvgIpc) is 2.93. The van der Waals surface area contributed by atoms with Gasteiger partial charge in [-0.05, 0) is 18.8 Å². The summed E-state index contributed by atoms with van der Waals surface area (Å²) in [5, 5.41) is 11.4. The van der Waals surface area contributed by atoms with Gasteiger partial charge < -0.3 is 15.3 Å². The SMILES string of the molecule is CCC[C@@H]1C[C@H]1NC(=O)N(C)CCC(=O)O. The van der Waals surface area contributed by atoms with E-state index in [4.69, 9.17) is 5.11 Å². The lowest BCUT2D eigenvalue weighted by Crippen LogP contribution is -2.39. The second-order valence-electron chi connectivity index (χ2n) is 4.41. The molecule has 1 fully saturated rings. The number of hydrogen-bond donors (Lipinski definition) is 2. The van der Waals surface area contributed by atoms with Gasteiger partial charge in [0.25, 0.3) is 0 Å². The van der Waals surface area contributed by atoms with Crippen LogP contribution in [0.15, 0.2) is 0 Å². The van der Waals surface area contributed by atoms with E-state index in [0.717, 1.165) is 19.3 Å². The fourth-order valence-electron chi connectivity index (χ4n) is 1.75. The summed E-state index contributed by atoms with van der Waals surface area (Å²) < 4.78 is 0. The molecule has 1 aliphatic carbocycles. The zero-order valence-electron chi connectivity index (χ0n) is 9.90. The smallest absolute Gasteiger partial charge is 0.317 e. The molecule has 0 spiro atoms. The van der Waals surface area contributed by atoms with Crippen molar-refractivity contribution in [1.29, 1.82) is 0 Å². The van der Waals surface area contributed by atoms with Crippen LogP contribution in [0.25, 0.3) is 0 Å². The number of rotatable bonds is 6. The Morgan fingerprint density at radius 1 is 1.50 bits per heavy atom.